The first-order valence-corrected chi connectivity index (χ1v) is 6.99. The van der Waals surface area contributed by atoms with Crippen LogP contribution in [-0.2, 0) is 6.42 Å². The number of imidazole rings is 1. The van der Waals surface area contributed by atoms with Gasteiger partial charge >= 0.3 is 0 Å². The average Bonchev–Trinajstić information content (AvgIpc) is 2.75. The van der Waals surface area contributed by atoms with E-state index in [9.17, 15) is 0 Å². The summed E-state index contributed by atoms with van der Waals surface area (Å²) < 4.78 is 2.15. The van der Waals surface area contributed by atoms with Gasteiger partial charge in [-0.15, -0.1) is 0 Å². The van der Waals surface area contributed by atoms with E-state index in [0.29, 0.717) is 6.04 Å². The zero-order valence-electron chi connectivity index (χ0n) is 12.3. The van der Waals surface area contributed by atoms with Gasteiger partial charge in [-0.3, -0.25) is 0 Å². The Kier molecular flexibility index (Phi) is 4.10. The first-order valence-electron chi connectivity index (χ1n) is 6.99. The van der Waals surface area contributed by atoms with Crippen molar-refractivity contribution >= 4 is 11.5 Å². The van der Waals surface area contributed by atoms with Crippen molar-refractivity contribution in [1.29, 1.82) is 0 Å². The van der Waals surface area contributed by atoms with Gasteiger partial charge in [-0.1, -0.05) is 13.0 Å². The van der Waals surface area contributed by atoms with Gasteiger partial charge in [0.2, 0.25) is 0 Å². The summed E-state index contributed by atoms with van der Waals surface area (Å²) in [6.45, 7) is 6.46. The summed E-state index contributed by atoms with van der Waals surface area (Å²) in [5.74, 6) is 1.05. The Hall–Kier alpha value is -1.55. The fourth-order valence-electron chi connectivity index (χ4n) is 2.29. The standard InChI is InChI=1S/C15H24N4/c1-5-12(3)18(4)15-13(10-11(2)16)19-9-7-6-8-14(19)17-15/h6-9,11-12H,5,10,16H2,1-4H3. The van der Waals surface area contributed by atoms with Crippen LogP contribution in [0.15, 0.2) is 24.4 Å². The Balaban J connectivity index is 2.52. The van der Waals surface area contributed by atoms with E-state index in [4.69, 9.17) is 10.7 Å². The molecule has 0 aromatic carbocycles. The van der Waals surface area contributed by atoms with E-state index >= 15 is 0 Å². The molecule has 4 heteroatoms. The maximum absolute atomic E-state index is 5.99. The summed E-state index contributed by atoms with van der Waals surface area (Å²) in [6.07, 6.45) is 4.00. The molecule has 2 atom stereocenters. The molecule has 0 saturated heterocycles. The Morgan fingerprint density at radius 2 is 2.11 bits per heavy atom. The minimum absolute atomic E-state index is 0.129. The van der Waals surface area contributed by atoms with Gasteiger partial charge in [0.25, 0.3) is 0 Å². The molecule has 2 aromatic heterocycles. The van der Waals surface area contributed by atoms with Crippen LogP contribution >= 0.6 is 0 Å². The van der Waals surface area contributed by atoms with Crippen molar-refractivity contribution in [2.24, 2.45) is 5.73 Å². The summed E-state index contributed by atoms with van der Waals surface area (Å²) in [7, 11) is 2.11. The van der Waals surface area contributed by atoms with Gasteiger partial charge in [0.1, 0.15) is 5.65 Å². The van der Waals surface area contributed by atoms with Crippen molar-refractivity contribution in [3.8, 4) is 0 Å². The van der Waals surface area contributed by atoms with E-state index < -0.39 is 0 Å². The molecule has 2 heterocycles. The van der Waals surface area contributed by atoms with Crippen LogP contribution in [0.5, 0.6) is 0 Å². The molecule has 0 radical (unpaired) electrons. The van der Waals surface area contributed by atoms with Crippen LogP contribution in [0.1, 0.15) is 32.9 Å². The highest BCUT2D eigenvalue weighted by Crippen LogP contribution is 2.24. The Morgan fingerprint density at radius 3 is 2.74 bits per heavy atom. The van der Waals surface area contributed by atoms with Gasteiger partial charge in [0.15, 0.2) is 5.82 Å². The van der Waals surface area contributed by atoms with E-state index in [1.807, 2.05) is 25.1 Å². The van der Waals surface area contributed by atoms with Gasteiger partial charge in [-0.2, -0.15) is 0 Å². The molecule has 0 fully saturated rings. The number of rotatable bonds is 5. The number of hydrogen-bond acceptors (Lipinski definition) is 3. The largest absolute Gasteiger partial charge is 0.355 e. The fourth-order valence-corrected chi connectivity index (χ4v) is 2.29. The molecule has 0 aliphatic carbocycles. The number of pyridine rings is 1. The second-order valence-electron chi connectivity index (χ2n) is 5.36. The predicted octanol–water partition coefficient (Wildman–Crippen LogP) is 2.46. The van der Waals surface area contributed by atoms with Crippen molar-refractivity contribution < 1.29 is 0 Å². The predicted molar refractivity (Wildman–Crippen MR) is 80.7 cm³/mol. The molecule has 0 bridgehead atoms. The number of fused-ring (bicyclic) bond motifs is 1. The molecule has 2 N–H and O–H groups in total. The average molecular weight is 260 g/mol. The Morgan fingerprint density at radius 1 is 1.37 bits per heavy atom. The summed E-state index contributed by atoms with van der Waals surface area (Å²) in [6, 6.07) is 6.69. The molecule has 0 aliphatic rings. The van der Waals surface area contributed by atoms with Crippen molar-refractivity contribution in [2.45, 2.75) is 45.7 Å². The van der Waals surface area contributed by atoms with Crippen molar-refractivity contribution in [3.63, 3.8) is 0 Å². The van der Waals surface area contributed by atoms with Gasteiger partial charge in [0, 0.05) is 31.7 Å². The van der Waals surface area contributed by atoms with Crippen molar-refractivity contribution in [1.82, 2.24) is 9.38 Å². The van der Waals surface area contributed by atoms with Crippen molar-refractivity contribution in [2.75, 3.05) is 11.9 Å². The van der Waals surface area contributed by atoms with Crippen LogP contribution in [0.4, 0.5) is 5.82 Å². The van der Waals surface area contributed by atoms with Crippen LogP contribution in [0.2, 0.25) is 0 Å². The minimum atomic E-state index is 0.129. The number of nitrogens with two attached hydrogens (primary N) is 1. The van der Waals surface area contributed by atoms with Crippen LogP contribution in [-0.4, -0.2) is 28.5 Å². The number of anilines is 1. The fraction of sp³-hybridized carbons (Fsp3) is 0.533. The monoisotopic (exact) mass is 260 g/mol. The highest BCUT2D eigenvalue weighted by molar-refractivity contribution is 5.56. The summed E-state index contributed by atoms with van der Waals surface area (Å²) in [5, 5.41) is 0. The molecule has 2 aromatic rings. The zero-order valence-corrected chi connectivity index (χ0v) is 12.3. The number of hydrogen-bond donors (Lipinski definition) is 1. The third-order valence-corrected chi connectivity index (χ3v) is 3.71. The lowest BCUT2D eigenvalue weighted by molar-refractivity contribution is 0.648. The molecule has 0 aliphatic heterocycles. The Labute approximate surface area is 115 Å². The zero-order chi connectivity index (χ0) is 14.0. The molecule has 0 saturated carbocycles. The maximum atomic E-state index is 5.99. The first kappa shape index (κ1) is 13.9. The van der Waals surface area contributed by atoms with Gasteiger partial charge in [-0.25, -0.2) is 4.98 Å². The highest BCUT2D eigenvalue weighted by Gasteiger charge is 2.19. The van der Waals surface area contributed by atoms with Crippen LogP contribution < -0.4 is 10.6 Å². The summed E-state index contributed by atoms with van der Waals surface area (Å²) >= 11 is 0. The molecule has 104 valence electrons. The van der Waals surface area contributed by atoms with E-state index in [-0.39, 0.29) is 6.04 Å². The quantitative estimate of drug-likeness (QED) is 0.898. The molecule has 4 nitrogen and oxygen atoms in total. The first-order chi connectivity index (χ1) is 9.04. The molecule has 0 spiro atoms. The van der Waals surface area contributed by atoms with E-state index in [0.717, 1.165) is 24.3 Å². The van der Waals surface area contributed by atoms with Gasteiger partial charge in [0.05, 0.1) is 5.69 Å². The second-order valence-corrected chi connectivity index (χ2v) is 5.36. The molecule has 2 rings (SSSR count). The second kappa shape index (κ2) is 5.61. The lowest BCUT2D eigenvalue weighted by atomic mass is 10.1. The summed E-state index contributed by atoms with van der Waals surface area (Å²) in [4.78, 5) is 7.02. The molecule has 19 heavy (non-hydrogen) atoms. The lowest BCUT2D eigenvalue weighted by Gasteiger charge is -2.25. The number of nitrogens with zero attached hydrogens (tertiary/aromatic N) is 3. The third-order valence-electron chi connectivity index (χ3n) is 3.71. The normalized spacial score (nSPS) is 14.6. The van der Waals surface area contributed by atoms with Crippen molar-refractivity contribution in [3.05, 3.63) is 30.1 Å². The molecular weight excluding hydrogens is 236 g/mol. The van der Waals surface area contributed by atoms with Crippen LogP contribution in [0, 0.1) is 0 Å². The molecule has 0 amide bonds. The van der Waals surface area contributed by atoms with E-state index in [1.54, 1.807) is 0 Å². The van der Waals surface area contributed by atoms with Crippen LogP contribution in [0.3, 0.4) is 0 Å². The SMILES string of the molecule is CCC(C)N(C)c1nc2ccccn2c1CC(C)N. The number of aromatic nitrogens is 2. The van der Waals surface area contributed by atoms with Crippen LogP contribution in [0.25, 0.3) is 5.65 Å². The molecule has 2 unspecified atom stereocenters. The third kappa shape index (κ3) is 2.73. The highest BCUT2D eigenvalue weighted by atomic mass is 15.2. The smallest absolute Gasteiger partial charge is 0.151 e. The lowest BCUT2D eigenvalue weighted by Crippen LogP contribution is -2.30. The topological polar surface area (TPSA) is 46.6 Å². The minimum Gasteiger partial charge on any atom is -0.355 e. The Bertz CT molecular complexity index is 544. The van der Waals surface area contributed by atoms with Gasteiger partial charge < -0.3 is 15.0 Å². The summed E-state index contributed by atoms with van der Waals surface area (Å²) in [5.41, 5.74) is 8.18. The molecular formula is C15H24N4. The van der Waals surface area contributed by atoms with E-state index in [2.05, 4.69) is 36.4 Å². The van der Waals surface area contributed by atoms with Gasteiger partial charge in [-0.05, 0) is 32.4 Å². The van der Waals surface area contributed by atoms with E-state index in [1.165, 1.54) is 5.69 Å². The maximum Gasteiger partial charge on any atom is 0.151 e.